The summed E-state index contributed by atoms with van der Waals surface area (Å²) in [5.74, 6) is -1.88. The van der Waals surface area contributed by atoms with Gasteiger partial charge in [0.05, 0.1) is 46.9 Å². The lowest BCUT2D eigenvalue weighted by atomic mass is 10.1. The molecule has 0 atom stereocenters. The number of anilines is 4. The number of rotatable bonds is 18. The number of benzene rings is 4. The molecule has 0 heterocycles. The number of fused-ring (bicyclic) bond motifs is 1. The number of carbonyl (C=O) groups excluding carboxylic acids is 2. The molecule has 0 saturated heterocycles. The summed E-state index contributed by atoms with van der Waals surface area (Å²) in [6.45, 7) is 5.64. The number of nitrogens with one attached hydrogen (secondary N) is 2. The van der Waals surface area contributed by atoms with Crippen molar-refractivity contribution in [2.24, 2.45) is 11.8 Å². The van der Waals surface area contributed by atoms with E-state index in [1.54, 1.807) is 39.8 Å². The van der Waals surface area contributed by atoms with Crippen molar-refractivity contribution >= 4 is 85.6 Å². The third kappa shape index (κ3) is 11.6. The van der Waals surface area contributed by atoms with Crippen molar-refractivity contribution in [3.8, 4) is 0 Å². The molecule has 0 amide bonds. The van der Waals surface area contributed by atoms with Crippen molar-refractivity contribution in [1.82, 2.24) is 0 Å². The third-order valence-electron chi connectivity index (χ3n) is 7.61. The fourth-order valence-electron chi connectivity index (χ4n) is 5.22. The second-order valence-electron chi connectivity index (χ2n) is 13.6. The SMILES string of the molecule is CC(C)COC(=O)CN(c1ccc(N(CC(=O)OCC(C)C)S(=O)(=O)c2ccc(NS(C)(=O)=O)cc2)c2ccccc12)S(=O)(=O)c1ccc(NS(C)(=O)=O)cc1. The predicted molar refractivity (Wildman–Crippen MR) is 214 cm³/mol. The van der Waals surface area contributed by atoms with E-state index in [0.29, 0.717) is 0 Å². The van der Waals surface area contributed by atoms with Gasteiger partial charge in [0.25, 0.3) is 20.0 Å². The molecule has 0 spiro atoms. The van der Waals surface area contributed by atoms with Gasteiger partial charge >= 0.3 is 11.9 Å². The molecule has 0 aromatic heterocycles. The number of sulfonamides is 4. The molecule has 0 aliphatic heterocycles. The Hall–Kier alpha value is -4.92. The maximum Gasteiger partial charge on any atom is 0.326 e. The van der Waals surface area contributed by atoms with Crippen LogP contribution in [0.4, 0.5) is 22.7 Å². The minimum Gasteiger partial charge on any atom is -0.464 e. The van der Waals surface area contributed by atoms with Crippen LogP contribution >= 0.6 is 0 Å². The molecule has 0 aliphatic rings. The molecular weight excluding hydrogens is 809 g/mol. The number of hydrogen-bond acceptors (Lipinski definition) is 12. The van der Waals surface area contributed by atoms with Crippen molar-refractivity contribution in [2.45, 2.75) is 37.5 Å². The smallest absolute Gasteiger partial charge is 0.326 e. The quantitative estimate of drug-likeness (QED) is 0.133. The molecule has 0 aliphatic carbocycles. The van der Waals surface area contributed by atoms with Gasteiger partial charge in [0.15, 0.2) is 0 Å². The second-order valence-corrected chi connectivity index (χ2v) is 20.8. The highest BCUT2D eigenvalue weighted by atomic mass is 32.2. The maximum atomic E-state index is 14.4. The molecular formula is C36H44N4O12S4. The Morgan fingerprint density at radius 1 is 0.536 bits per heavy atom. The summed E-state index contributed by atoms with van der Waals surface area (Å²) in [5.41, 5.74) is 0.109. The predicted octanol–water partition coefficient (Wildman–Crippen LogP) is 4.37. The number of esters is 2. The van der Waals surface area contributed by atoms with Crippen molar-refractivity contribution in [2.75, 3.05) is 56.9 Å². The first-order valence-electron chi connectivity index (χ1n) is 17.0. The fraction of sp³-hybridized carbons (Fsp3) is 0.333. The van der Waals surface area contributed by atoms with Crippen molar-refractivity contribution < 1.29 is 52.7 Å². The zero-order chi connectivity index (χ0) is 41.6. The molecule has 56 heavy (non-hydrogen) atoms. The van der Waals surface area contributed by atoms with E-state index < -0.39 is 65.1 Å². The Bertz CT molecular complexity index is 2330. The summed E-state index contributed by atoms with van der Waals surface area (Å²) in [7, 11) is -16.5. The Kier molecular flexibility index (Phi) is 13.7. The Balaban J connectivity index is 1.91. The zero-order valence-electron chi connectivity index (χ0n) is 31.5. The van der Waals surface area contributed by atoms with Crippen LogP contribution < -0.4 is 18.1 Å². The van der Waals surface area contributed by atoms with E-state index in [4.69, 9.17) is 9.47 Å². The molecule has 16 nitrogen and oxygen atoms in total. The van der Waals surface area contributed by atoms with Crippen LogP contribution in [0.1, 0.15) is 27.7 Å². The largest absolute Gasteiger partial charge is 0.464 e. The van der Waals surface area contributed by atoms with Crippen LogP contribution in [0.25, 0.3) is 10.8 Å². The van der Waals surface area contributed by atoms with Crippen LogP contribution in [-0.2, 0) is 59.2 Å². The Morgan fingerprint density at radius 2 is 0.857 bits per heavy atom. The van der Waals surface area contributed by atoms with Gasteiger partial charge in [0, 0.05) is 22.1 Å². The second kappa shape index (κ2) is 17.5. The molecule has 20 heteroatoms. The average molecular weight is 853 g/mol. The summed E-state index contributed by atoms with van der Waals surface area (Å²) < 4.78 is 121. The molecule has 4 aromatic rings. The number of carbonyl (C=O) groups is 2. The lowest BCUT2D eigenvalue weighted by Crippen LogP contribution is -2.38. The zero-order valence-corrected chi connectivity index (χ0v) is 34.8. The van der Waals surface area contributed by atoms with Crippen LogP contribution in [0, 0.1) is 11.8 Å². The molecule has 4 aromatic carbocycles. The average Bonchev–Trinajstić information content (AvgIpc) is 3.10. The molecule has 0 bridgehead atoms. The first kappa shape index (κ1) is 43.8. The maximum absolute atomic E-state index is 14.4. The fourth-order valence-corrected chi connectivity index (χ4v) is 9.20. The lowest BCUT2D eigenvalue weighted by molar-refractivity contribution is -0.143. The van der Waals surface area contributed by atoms with Gasteiger partial charge in [0.1, 0.15) is 13.1 Å². The molecule has 304 valence electrons. The van der Waals surface area contributed by atoms with Crippen molar-refractivity contribution in [1.29, 1.82) is 0 Å². The topological polar surface area (TPSA) is 220 Å². The molecule has 0 fully saturated rings. The van der Waals surface area contributed by atoms with Crippen LogP contribution in [0.5, 0.6) is 0 Å². The first-order chi connectivity index (χ1) is 26.0. The number of nitrogens with zero attached hydrogens (tertiary/aromatic N) is 2. The van der Waals surface area contributed by atoms with E-state index in [9.17, 15) is 43.3 Å². The Labute approximate surface area is 328 Å². The van der Waals surface area contributed by atoms with Gasteiger partial charge in [0.2, 0.25) is 20.0 Å². The van der Waals surface area contributed by atoms with E-state index in [1.165, 1.54) is 72.8 Å². The van der Waals surface area contributed by atoms with Gasteiger partial charge in [-0.2, -0.15) is 0 Å². The van der Waals surface area contributed by atoms with Gasteiger partial charge in [-0.1, -0.05) is 52.0 Å². The molecule has 0 unspecified atom stereocenters. The highest BCUT2D eigenvalue weighted by Gasteiger charge is 2.33. The normalized spacial score (nSPS) is 12.4. The number of ether oxygens (including phenoxy) is 2. The summed E-state index contributed by atoms with van der Waals surface area (Å²) in [5, 5.41) is 0.341. The minimum atomic E-state index is -4.60. The molecule has 0 saturated carbocycles. The van der Waals surface area contributed by atoms with Crippen LogP contribution in [0.15, 0.2) is 94.7 Å². The molecule has 0 radical (unpaired) electrons. The van der Waals surface area contributed by atoms with Crippen LogP contribution in [0.2, 0.25) is 0 Å². The monoisotopic (exact) mass is 852 g/mol. The highest BCUT2D eigenvalue weighted by Crippen LogP contribution is 2.39. The van der Waals surface area contributed by atoms with Gasteiger partial charge in [-0.05, 0) is 72.5 Å². The third-order valence-corrected chi connectivity index (χ3v) is 12.4. The van der Waals surface area contributed by atoms with E-state index >= 15 is 0 Å². The summed E-state index contributed by atoms with van der Waals surface area (Å²) in [4.78, 5) is 25.7. The van der Waals surface area contributed by atoms with Gasteiger partial charge in [-0.3, -0.25) is 27.6 Å². The van der Waals surface area contributed by atoms with Crippen LogP contribution in [-0.4, -0.2) is 84.4 Å². The van der Waals surface area contributed by atoms with Crippen molar-refractivity contribution in [3.05, 3.63) is 84.9 Å². The summed E-state index contributed by atoms with van der Waals surface area (Å²) in [6, 6.07) is 18.4. The van der Waals surface area contributed by atoms with E-state index in [1.807, 2.05) is 0 Å². The summed E-state index contributed by atoms with van der Waals surface area (Å²) in [6.07, 6.45) is 1.88. The summed E-state index contributed by atoms with van der Waals surface area (Å²) >= 11 is 0. The van der Waals surface area contributed by atoms with E-state index in [0.717, 1.165) is 21.1 Å². The highest BCUT2D eigenvalue weighted by molar-refractivity contribution is 7.93. The van der Waals surface area contributed by atoms with Crippen molar-refractivity contribution in [3.63, 3.8) is 0 Å². The van der Waals surface area contributed by atoms with E-state index in [2.05, 4.69) is 9.44 Å². The molecule has 4 rings (SSSR count). The number of hydrogen-bond donors (Lipinski definition) is 2. The van der Waals surface area contributed by atoms with Crippen LogP contribution in [0.3, 0.4) is 0 Å². The van der Waals surface area contributed by atoms with E-state index in [-0.39, 0.29) is 68.4 Å². The van der Waals surface area contributed by atoms with Gasteiger partial charge in [-0.15, -0.1) is 0 Å². The Morgan fingerprint density at radius 3 is 1.14 bits per heavy atom. The van der Waals surface area contributed by atoms with Gasteiger partial charge in [-0.25, -0.2) is 33.7 Å². The molecule has 2 N–H and O–H groups in total. The standard InChI is InChI=1S/C36H44N4O12S4/c1-25(2)23-51-35(41)21-39(55(47,48)29-15-11-27(12-16-29)37-53(5,43)44)33-19-20-34(32-10-8-7-9-31(32)33)40(22-36(42)52-24-26(3)4)56(49,50)30-17-13-28(14-18-30)38-54(6,45)46/h7-20,25-26,37-38H,21-24H2,1-6H3. The lowest BCUT2D eigenvalue weighted by Gasteiger charge is -2.29. The minimum absolute atomic E-state index is 0.00327. The van der Waals surface area contributed by atoms with Gasteiger partial charge < -0.3 is 9.47 Å². The first-order valence-corrected chi connectivity index (χ1v) is 23.7.